The molecule has 106 valence electrons. The van der Waals surface area contributed by atoms with Crippen LogP contribution in [0.3, 0.4) is 0 Å². The van der Waals surface area contributed by atoms with Crippen molar-refractivity contribution in [2.24, 2.45) is 0 Å². The molecule has 0 aliphatic carbocycles. The largest absolute Gasteiger partial charge is 0.311 e. The normalized spacial score (nSPS) is 12.1. The van der Waals surface area contributed by atoms with Crippen LogP contribution in [0.5, 0.6) is 0 Å². The first kappa shape index (κ1) is 14.7. The SMILES string of the molecule is Cc1ccc(NC(=O)CCN[C@@H](C)c2cccs2)nc1. The van der Waals surface area contributed by atoms with Gasteiger partial charge in [0.15, 0.2) is 0 Å². The number of rotatable bonds is 6. The lowest BCUT2D eigenvalue weighted by atomic mass is 10.2. The quantitative estimate of drug-likeness (QED) is 0.859. The van der Waals surface area contributed by atoms with Crippen LogP contribution in [-0.2, 0) is 4.79 Å². The Morgan fingerprint density at radius 2 is 2.25 bits per heavy atom. The number of aryl methyl sites for hydroxylation is 1. The lowest BCUT2D eigenvalue weighted by Gasteiger charge is -2.11. The Balaban J connectivity index is 1.71. The van der Waals surface area contributed by atoms with Gasteiger partial charge in [-0.25, -0.2) is 4.98 Å². The summed E-state index contributed by atoms with van der Waals surface area (Å²) in [6, 6.07) is 8.15. The van der Waals surface area contributed by atoms with Gasteiger partial charge in [-0.2, -0.15) is 0 Å². The fourth-order valence-corrected chi connectivity index (χ4v) is 2.55. The smallest absolute Gasteiger partial charge is 0.226 e. The molecule has 0 radical (unpaired) electrons. The first-order valence-electron chi connectivity index (χ1n) is 6.64. The molecule has 0 aliphatic heterocycles. The number of carbonyl (C=O) groups is 1. The molecule has 0 aromatic carbocycles. The monoisotopic (exact) mass is 289 g/mol. The van der Waals surface area contributed by atoms with Crippen LogP contribution in [0, 0.1) is 6.92 Å². The molecule has 0 fully saturated rings. The van der Waals surface area contributed by atoms with Crippen LogP contribution < -0.4 is 10.6 Å². The van der Waals surface area contributed by atoms with Crippen molar-refractivity contribution >= 4 is 23.1 Å². The predicted molar refractivity (Wildman–Crippen MR) is 83.0 cm³/mol. The van der Waals surface area contributed by atoms with E-state index in [1.807, 2.05) is 25.1 Å². The molecule has 2 N–H and O–H groups in total. The van der Waals surface area contributed by atoms with Gasteiger partial charge in [-0.05, 0) is 36.9 Å². The highest BCUT2D eigenvalue weighted by Gasteiger charge is 2.07. The third-order valence-corrected chi connectivity index (χ3v) is 4.01. The van der Waals surface area contributed by atoms with Crippen LogP contribution in [0.4, 0.5) is 5.82 Å². The van der Waals surface area contributed by atoms with E-state index in [0.717, 1.165) is 5.56 Å². The zero-order chi connectivity index (χ0) is 14.4. The average molecular weight is 289 g/mol. The van der Waals surface area contributed by atoms with Crippen molar-refractivity contribution in [3.8, 4) is 0 Å². The molecule has 0 saturated carbocycles. The Morgan fingerprint density at radius 3 is 2.90 bits per heavy atom. The summed E-state index contributed by atoms with van der Waals surface area (Å²) in [4.78, 5) is 17.2. The fraction of sp³-hybridized carbons (Fsp3) is 0.333. The van der Waals surface area contributed by atoms with Crippen molar-refractivity contribution in [3.63, 3.8) is 0 Å². The van der Waals surface area contributed by atoms with E-state index in [9.17, 15) is 4.79 Å². The molecule has 2 aromatic rings. The van der Waals surface area contributed by atoms with Gasteiger partial charge < -0.3 is 10.6 Å². The highest BCUT2D eigenvalue weighted by atomic mass is 32.1. The molecule has 2 aromatic heterocycles. The molecular weight excluding hydrogens is 270 g/mol. The number of amides is 1. The van der Waals surface area contributed by atoms with Crippen LogP contribution in [0.15, 0.2) is 35.8 Å². The molecule has 0 unspecified atom stereocenters. The summed E-state index contributed by atoms with van der Waals surface area (Å²) in [5, 5.41) is 8.19. The standard InChI is InChI=1S/C15H19N3OS/c1-11-5-6-14(17-10-11)18-15(19)7-8-16-12(2)13-4-3-9-20-13/h3-6,9-10,12,16H,7-8H2,1-2H3,(H,17,18,19)/t12-/m0/s1. The highest BCUT2D eigenvalue weighted by molar-refractivity contribution is 7.10. The molecule has 0 spiro atoms. The maximum absolute atomic E-state index is 11.8. The van der Waals surface area contributed by atoms with E-state index >= 15 is 0 Å². The van der Waals surface area contributed by atoms with Gasteiger partial charge >= 0.3 is 0 Å². The highest BCUT2D eigenvalue weighted by Crippen LogP contribution is 2.17. The van der Waals surface area contributed by atoms with Crippen LogP contribution in [-0.4, -0.2) is 17.4 Å². The second kappa shape index (κ2) is 7.17. The number of carbonyl (C=O) groups excluding carboxylic acids is 1. The van der Waals surface area contributed by atoms with E-state index in [1.165, 1.54) is 4.88 Å². The van der Waals surface area contributed by atoms with Gasteiger partial charge in [0.05, 0.1) is 0 Å². The van der Waals surface area contributed by atoms with Crippen LogP contribution >= 0.6 is 11.3 Å². The molecular formula is C15H19N3OS. The van der Waals surface area contributed by atoms with Crippen molar-refractivity contribution in [3.05, 3.63) is 46.3 Å². The fourth-order valence-electron chi connectivity index (χ4n) is 1.79. The summed E-state index contributed by atoms with van der Waals surface area (Å²) in [7, 11) is 0. The summed E-state index contributed by atoms with van der Waals surface area (Å²) < 4.78 is 0. The van der Waals surface area contributed by atoms with Gasteiger partial charge in [-0.1, -0.05) is 12.1 Å². The van der Waals surface area contributed by atoms with Gasteiger partial charge in [-0.15, -0.1) is 11.3 Å². The van der Waals surface area contributed by atoms with E-state index in [0.29, 0.717) is 18.8 Å². The summed E-state index contributed by atoms with van der Waals surface area (Å²) in [5.74, 6) is 0.583. The summed E-state index contributed by atoms with van der Waals surface area (Å²) in [6.45, 7) is 4.72. The molecule has 1 atom stereocenters. The maximum atomic E-state index is 11.8. The minimum atomic E-state index is -0.0211. The molecule has 0 aliphatic rings. The van der Waals surface area contributed by atoms with Crippen molar-refractivity contribution in [1.82, 2.24) is 10.3 Å². The van der Waals surface area contributed by atoms with Crippen molar-refractivity contribution in [1.29, 1.82) is 0 Å². The molecule has 0 saturated heterocycles. The third kappa shape index (κ3) is 4.43. The number of nitrogens with zero attached hydrogens (tertiary/aromatic N) is 1. The lowest BCUT2D eigenvalue weighted by Crippen LogP contribution is -2.24. The Labute approximate surface area is 123 Å². The zero-order valence-electron chi connectivity index (χ0n) is 11.7. The summed E-state index contributed by atoms with van der Waals surface area (Å²) in [6.07, 6.45) is 2.18. The maximum Gasteiger partial charge on any atom is 0.226 e. The number of thiophene rings is 1. The van der Waals surface area contributed by atoms with Crippen molar-refractivity contribution in [2.45, 2.75) is 26.3 Å². The van der Waals surface area contributed by atoms with Gasteiger partial charge in [-0.3, -0.25) is 4.79 Å². The van der Waals surface area contributed by atoms with Crippen LogP contribution in [0.25, 0.3) is 0 Å². The Bertz CT molecular complexity index is 537. The second-order valence-electron chi connectivity index (χ2n) is 4.71. The van der Waals surface area contributed by atoms with E-state index in [2.05, 4.69) is 34.0 Å². The van der Waals surface area contributed by atoms with Crippen molar-refractivity contribution < 1.29 is 4.79 Å². The molecule has 2 rings (SSSR count). The van der Waals surface area contributed by atoms with Gasteiger partial charge in [0.2, 0.25) is 5.91 Å². The summed E-state index contributed by atoms with van der Waals surface area (Å²) in [5.41, 5.74) is 1.08. The van der Waals surface area contributed by atoms with Gasteiger partial charge in [0.25, 0.3) is 0 Å². The molecule has 4 nitrogen and oxygen atoms in total. The molecule has 20 heavy (non-hydrogen) atoms. The topological polar surface area (TPSA) is 54.0 Å². The number of anilines is 1. The minimum Gasteiger partial charge on any atom is -0.311 e. The summed E-state index contributed by atoms with van der Waals surface area (Å²) >= 11 is 1.72. The van der Waals surface area contributed by atoms with Crippen LogP contribution in [0.2, 0.25) is 0 Å². The second-order valence-corrected chi connectivity index (χ2v) is 5.69. The zero-order valence-corrected chi connectivity index (χ0v) is 12.5. The average Bonchev–Trinajstić information content (AvgIpc) is 2.95. The Kier molecular flexibility index (Phi) is 5.26. The van der Waals surface area contributed by atoms with Gasteiger partial charge in [0, 0.05) is 30.1 Å². The third-order valence-electron chi connectivity index (χ3n) is 2.95. The van der Waals surface area contributed by atoms with Gasteiger partial charge in [0.1, 0.15) is 5.82 Å². The first-order chi connectivity index (χ1) is 9.65. The Hall–Kier alpha value is -1.72. The number of aromatic nitrogens is 1. The van der Waals surface area contributed by atoms with E-state index < -0.39 is 0 Å². The van der Waals surface area contributed by atoms with E-state index in [-0.39, 0.29) is 11.9 Å². The minimum absolute atomic E-state index is 0.0211. The lowest BCUT2D eigenvalue weighted by molar-refractivity contribution is -0.116. The number of hydrogen-bond donors (Lipinski definition) is 2. The number of hydrogen-bond acceptors (Lipinski definition) is 4. The van der Waals surface area contributed by atoms with E-state index in [4.69, 9.17) is 0 Å². The van der Waals surface area contributed by atoms with Crippen LogP contribution in [0.1, 0.15) is 29.8 Å². The predicted octanol–water partition coefficient (Wildman–Crippen LogP) is 3.13. The Morgan fingerprint density at radius 1 is 1.40 bits per heavy atom. The van der Waals surface area contributed by atoms with E-state index in [1.54, 1.807) is 17.5 Å². The molecule has 0 bridgehead atoms. The first-order valence-corrected chi connectivity index (χ1v) is 7.52. The number of pyridine rings is 1. The number of nitrogens with one attached hydrogen (secondary N) is 2. The molecule has 2 heterocycles. The molecule has 1 amide bonds. The van der Waals surface area contributed by atoms with Crippen molar-refractivity contribution in [2.75, 3.05) is 11.9 Å². The molecule has 5 heteroatoms.